The Morgan fingerprint density at radius 1 is 1.47 bits per heavy atom. The van der Waals surface area contributed by atoms with Gasteiger partial charge >= 0.3 is 5.97 Å². The Balaban J connectivity index is 2.60. The van der Waals surface area contributed by atoms with Gasteiger partial charge in [-0.25, -0.2) is 0 Å². The summed E-state index contributed by atoms with van der Waals surface area (Å²) >= 11 is 11.7. The minimum absolute atomic E-state index is 0.151. The summed E-state index contributed by atoms with van der Waals surface area (Å²) in [5, 5.41) is 10.8. The number of benzene rings is 1. The lowest BCUT2D eigenvalue weighted by Crippen LogP contribution is -2.07. The molecule has 0 amide bonds. The number of carbonyl (C=O) groups excluding carboxylic acids is 1. The third-order valence-electron chi connectivity index (χ3n) is 2.24. The van der Waals surface area contributed by atoms with Crippen molar-refractivity contribution in [3.8, 4) is 0 Å². The smallest absolute Gasteiger partial charge is 0.305 e. The predicted octanol–water partition coefficient (Wildman–Crippen LogP) is 3.37. The van der Waals surface area contributed by atoms with Gasteiger partial charge in [0, 0.05) is 22.0 Å². The lowest BCUT2D eigenvalue weighted by molar-refractivity contribution is -0.143. The van der Waals surface area contributed by atoms with Crippen molar-refractivity contribution in [3.63, 3.8) is 0 Å². The number of esters is 1. The lowest BCUT2D eigenvalue weighted by atomic mass is 10.1. The van der Waals surface area contributed by atoms with E-state index in [0.29, 0.717) is 22.2 Å². The molecule has 0 saturated heterocycles. The average molecular weight is 277 g/mol. The summed E-state index contributed by atoms with van der Waals surface area (Å²) in [5.74, 6) is -0.329. The Hall–Kier alpha value is -0.770. The van der Waals surface area contributed by atoms with Crippen LogP contribution in [0, 0.1) is 0 Å². The van der Waals surface area contributed by atoms with E-state index in [-0.39, 0.29) is 18.8 Å². The van der Waals surface area contributed by atoms with Gasteiger partial charge in [0.1, 0.15) is 0 Å². The monoisotopic (exact) mass is 276 g/mol. The summed E-state index contributed by atoms with van der Waals surface area (Å²) in [7, 11) is 0. The van der Waals surface area contributed by atoms with E-state index in [4.69, 9.17) is 27.9 Å². The Kier molecular flexibility index (Phi) is 5.75. The average Bonchev–Trinajstić information content (AvgIpc) is 2.29. The van der Waals surface area contributed by atoms with E-state index in [0.717, 1.165) is 0 Å². The summed E-state index contributed by atoms with van der Waals surface area (Å²) in [6.07, 6.45) is -0.401. The molecule has 1 atom stereocenters. The number of halogens is 2. The van der Waals surface area contributed by atoms with Gasteiger partial charge in [-0.05, 0) is 31.5 Å². The molecule has 0 aliphatic rings. The number of aliphatic hydroxyl groups is 1. The van der Waals surface area contributed by atoms with E-state index in [1.807, 2.05) is 0 Å². The van der Waals surface area contributed by atoms with Crippen molar-refractivity contribution in [2.75, 3.05) is 6.61 Å². The van der Waals surface area contributed by atoms with Gasteiger partial charge in [0.2, 0.25) is 0 Å². The largest absolute Gasteiger partial charge is 0.466 e. The normalized spacial score (nSPS) is 12.2. The Labute approximate surface area is 110 Å². The molecule has 5 heteroatoms. The highest BCUT2D eigenvalue weighted by molar-refractivity contribution is 6.33. The molecule has 0 fully saturated rings. The van der Waals surface area contributed by atoms with E-state index in [2.05, 4.69) is 0 Å². The van der Waals surface area contributed by atoms with Gasteiger partial charge < -0.3 is 9.84 Å². The molecule has 0 aromatic heterocycles. The molecule has 94 valence electrons. The number of ether oxygens (including phenoxy) is 1. The van der Waals surface area contributed by atoms with Crippen LogP contribution >= 0.6 is 23.2 Å². The van der Waals surface area contributed by atoms with Crippen LogP contribution < -0.4 is 0 Å². The first-order valence-corrected chi connectivity index (χ1v) is 6.08. The quantitative estimate of drug-likeness (QED) is 0.839. The van der Waals surface area contributed by atoms with E-state index < -0.39 is 6.10 Å². The standard InChI is InChI=1S/C12H14Cl2O3/c1-2-17-12(16)6-5-11(15)9-7-8(13)3-4-10(9)14/h3-4,7,11,15H,2,5-6H2,1H3. The van der Waals surface area contributed by atoms with Crippen LogP contribution in [0.4, 0.5) is 0 Å². The fraction of sp³-hybridized carbons (Fsp3) is 0.417. The molecular formula is C12H14Cl2O3. The number of hydrogen-bond donors (Lipinski definition) is 1. The topological polar surface area (TPSA) is 46.5 Å². The van der Waals surface area contributed by atoms with Gasteiger partial charge in [-0.3, -0.25) is 4.79 Å². The zero-order chi connectivity index (χ0) is 12.8. The second kappa shape index (κ2) is 6.84. The number of rotatable bonds is 5. The highest BCUT2D eigenvalue weighted by Gasteiger charge is 2.14. The molecule has 0 aliphatic heterocycles. The maximum absolute atomic E-state index is 11.1. The zero-order valence-electron chi connectivity index (χ0n) is 9.45. The highest BCUT2D eigenvalue weighted by atomic mass is 35.5. The van der Waals surface area contributed by atoms with E-state index in [9.17, 15) is 9.90 Å². The van der Waals surface area contributed by atoms with E-state index >= 15 is 0 Å². The van der Waals surface area contributed by atoms with Gasteiger partial charge in [-0.2, -0.15) is 0 Å². The molecule has 17 heavy (non-hydrogen) atoms. The van der Waals surface area contributed by atoms with Gasteiger partial charge in [-0.1, -0.05) is 23.2 Å². The molecule has 1 unspecified atom stereocenters. The number of aliphatic hydroxyl groups excluding tert-OH is 1. The van der Waals surface area contributed by atoms with Crippen LogP contribution in [0.3, 0.4) is 0 Å². The minimum atomic E-state index is -0.814. The molecule has 0 bridgehead atoms. The highest BCUT2D eigenvalue weighted by Crippen LogP contribution is 2.28. The first kappa shape index (κ1) is 14.3. The third kappa shape index (κ3) is 4.54. The Morgan fingerprint density at radius 3 is 2.82 bits per heavy atom. The molecule has 0 aliphatic carbocycles. The van der Waals surface area contributed by atoms with Crippen LogP contribution in [-0.2, 0) is 9.53 Å². The lowest BCUT2D eigenvalue weighted by Gasteiger charge is -2.12. The van der Waals surface area contributed by atoms with Gasteiger partial charge in [0.25, 0.3) is 0 Å². The fourth-order valence-corrected chi connectivity index (χ4v) is 1.84. The maximum atomic E-state index is 11.1. The summed E-state index contributed by atoms with van der Waals surface area (Å²) in [6, 6.07) is 4.86. The molecule has 3 nitrogen and oxygen atoms in total. The second-order valence-corrected chi connectivity index (χ2v) is 4.37. The number of hydrogen-bond acceptors (Lipinski definition) is 3. The molecule has 1 N–H and O–H groups in total. The summed E-state index contributed by atoms with van der Waals surface area (Å²) in [5.41, 5.74) is 0.531. The van der Waals surface area contributed by atoms with Crippen LogP contribution in [0.15, 0.2) is 18.2 Å². The molecule has 0 saturated carbocycles. The van der Waals surface area contributed by atoms with Crippen LogP contribution in [0.1, 0.15) is 31.4 Å². The molecule has 0 radical (unpaired) electrons. The molecule has 1 aromatic rings. The van der Waals surface area contributed by atoms with Crippen LogP contribution in [0.5, 0.6) is 0 Å². The summed E-state index contributed by atoms with van der Waals surface area (Å²) < 4.78 is 4.77. The Morgan fingerprint density at radius 2 is 2.18 bits per heavy atom. The maximum Gasteiger partial charge on any atom is 0.305 e. The van der Waals surface area contributed by atoms with Crippen LogP contribution in [0.25, 0.3) is 0 Å². The molecule has 1 rings (SSSR count). The van der Waals surface area contributed by atoms with Gasteiger partial charge in [0.15, 0.2) is 0 Å². The van der Waals surface area contributed by atoms with Crippen molar-refractivity contribution < 1.29 is 14.6 Å². The van der Waals surface area contributed by atoms with Crippen molar-refractivity contribution in [2.45, 2.75) is 25.9 Å². The summed E-state index contributed by atoms with van der Waals surface area (Å²) in [6.45, 7) is 2.08. The second-order valence-electron chi connectivity index (χ2n) is 3.53. The van der Waals surface area contributed by atoms with Crippen molar-refractivity contribution in [2.24, 2.45) is 0 Å². The van der Waals surface area contributed by atoms with Crippen LogP contribution in [0.2, 0.25) is 10.0 Å². The Bertz CT molecular complexity index is 393. The summed E-state index contributed by atoms with van der Waals surface area (Å²) in [4.78, 5) is 11.1. The van der Waals surface area contributed by atoms with E-state index in [1.165, 1.54) is 0 Å². The fourth-order valence-electron chi connectivity index (χ4n) is 1.41. The van der Waals surface area contributed by atoms with Gasteiger partial charge in [0.05, 0.1) is 12.7 Å². The first-order chi connectivity index (χ1) is 8.04. The van der Waals surface area contributed by atoms with Crippen molar-refractivity contribution in [3.05, 3.63) is 33.8 Å². The molecular weight excluding hydrogens is 263 g/mol. The van der Waals surface area contributed by atoms with Crippen molar-refractivity contribution in [1.29, 1.82) is 0 Å². The van der Waals surface area contributed by atoms with Gasteiger partial charge in [-0.15, -0.1) is 0 Å². The van der Waals surface area contributed by atoms with E-state index in [1.54, 1.807) is 25.1 Å². The molecule has 0 heterocycles. The van der Waals surface area contributed by atoms with Crippen LogP contribution in [-0.4, -0.2) is 17.7 Å². The van der Waals surface area contributed by atoms with Crippen molar-refractivity contribution in [1.82, 2.24) is 0 Å². The SMILES string of the molecule is CCOC(=O)CCC(O)c1cc(Cl)ccc1Cl. The zero-order valence-corrected chi connectivity index (χ0v) is 11.0. The first-order valence-electron chi connectivity index (χ1n) is 5.33. The molecule has 1 aromatic carbocycles. The minimum Gasteiger partial charge on any atom is -0.466 e. The number of carbonyl (C=O) groups is 1. The van der Waals surface area contributed by atoms with Crippen molar-refractivity contribution >= 4 is 29.2 Å². The third-order valence-corrected chi connectivity index (χ3v) is 2.82. The molecule has 0 spiro atoms. The predicted molar refractivity (Wildman–Crippen MR) is 67.3 cm³/mol.